The van der Waals surface area contributed by atoms with E-state index in [1.165, 1.54) is 12.1 Å². The highest BCUT2D eigenvalue weighted by Crippen LogP contribution is 2.09. The Balaban J connectivity index is 1.87. The van der Waals surface area contributed by atoms with Crippen LogP contribution in [-0.4, -0.2) is 33.6 Å². The van der Waals surface area contributed by atoms with Gasteiger partial charge < -0.3 is 11.1 Å². The van der Waals surface area contributed by atoms with Gasteiger partial charge in [-0.3, -0.25) is 10.1 Å². The SMILES string of the molecule is NCNC(Cc1ccccc1)C(=O)NCCc1ccc(S(N)(=O)=O)cc1. The number of amides is 1. The van der Waals surface area contributed by atoms with E-state index in [0.717, 1.165) is 11.1 Å². The molecular formula is C18H24N4O3S. The van der Waals surface area contributed by atoms with Crippen molar-refractivity contribution in [1.82, 2.24) is 10.6 Å². The number of nitrogens with two attached hydrogens (primary N) is 2. The number of nitrogens with one attached hydrogen (secondary N) is 2. The van der Waals surface area contributed by atoms with E-state index in [9.17, 15) is 13.2 Å². The minimum absolute atomic E-state index is 0.0698. The maximum Gasteiger partial charge on any atom is 0.238 e. The van der Waals surface area contributed by atoms with Crippen molar-refractivity contribution in [2.45, 2.75) is 23.8 Å². The number of rotatable bonds is 9. The second-order valence-corrected chi connectivity index (χ2v) is 7.44. The third-order valence-electron chi connectivity index (χ3n) is 3.93. The maximum atomic E-state index is 12.4. The summed E-state index contributed by atoms with van der Waals surface area (Å²) in [6.45, 7) is 0.644. The molecule has 26 heavy (non-hydrogen) atoms. The fourth-order valence-electron chi connectivity index (χ4n) is 2.55. The normalized spacial score (nSPS) is 12.5. The second kappa shape index (κ2) is 9.44. The van der Waals surface area contributed by atoms with Gasteiger partial charge in [-0.25, -0.2) is 13.6 Å². The molecule has 2 aromatic carbocycles. The van der Waals surface area contributed by atoms with E-state index in [0.29, 0.717) is 19.4 Å². The maximum absolute atomic E-state index is 12.4. The topological polar surface area (TPSA) is 127 Å². The molecule has 2 aromatic rings. The molecule has 140 valence electrons. The zero-order chi connectivity index (χ0) is 19.0. The van der Waals surface area contributed by atoms with Crippen LogP contribution in [0, 0.1) is 0 Å². The summed E-state index contributed by atoms with van der Waals surface area (Å²) in [4.78, 5) is 12.5. The lowest BCUT2D eigenvalue weighted by Crippen LogP contribution is -2.47. The number of primary sulfonamides is 1. The number of carbonyl (C=O) groups excluding carboxylic acids is 1. The van der Waals surface area contributed by atoms with Gasteiger partial charge >= 0.3 is 0 Å². The standard InChI is InChI=1S/C18H24N4O3S/c19-13-22-17(12-15-4-2-1-3-5-15)18(23)21-11-10-14-6-8-16(9-7-14)26(20,24)25/h1-9,17,22H,10-13,19H2,(H,21,23)(H2,20,24,25). The van der Waals surface area contributed by atoms with E-state index in [1.807, 2.05) is 30.3 Å². The fraction of sp³-hybridized carbons (Fsp3) is 0.278. The first-order chi connectivity index (χ1) is 12.4. The van der Waals surface area contributed by atoms with E-state index in [4.69, 9.17) is 10.9 Å². The van der Waals surface area contributed by atoms with Crippen molar-refractivity contribution in [3.8, 4) is 0 Å². The van der Waals surface area contributed by atoms with Gasteiger partial charge in [0.15, 0.2) is 0 Å². The second-order valence-electron chi connectivity index (χ2n) is 5.88. The third-order valence-corrected chi connectivity index (χ3v) is 4.86. The van der Waals surface area contributed by atoms with E-state index >= 15 is 0 Å². The molecule has 0 aliphatic rings. The Bertz CT molecular complexity index is 808. The molecule has 0 fully saturated rings. The van der Waals surface area contributed by atoms with Crippen molar-refractivity contribution in [2.24, 2.45) is 10.9 Å². The number of hydrogen-bond acceptors (Lipinski definition) is 5. The van der Waals surface area contributed by atoms with E-state index in [-0.39, 0.29) is 17.5 Å². The third kappa shape index (κ3) is 6.23. The highest BCUT2D eigenvalue weighted by molar-refractivity contribution is 7.89. The monoisotopic (exact) mass is 376 g/mol. The van der Waals surface area contributed by atoms with Crippen LogP contribution >= 0.6 is 0 Å². The van der Waals surface area contributed by atoms with Gasteiger partial charge in [-0.2, -0.15) is 0 Å². The van der Waals surface area contributed by atoms with Gasteiger partial charge in [0.05, 0.1) is 10.9 Å². The van der Waals surface area contributed by atoms with Gasteiger partial charge in [-0.1, -0.05) is 42.5 Å². The van der Waals surface area contributed by atoms with Gasteiger partial charge in [0.2, 0.25) is 15.9 Å². The summed E-state index contributed by atoms with van der Waals surface area (Å²) in [7, 11) is -3.69. The summed E-state index contributed by atoms with van der Waals surface area (Å²) in [5.41, 5.74) is 7.49. The lowest BCUT2D eigenvalue weighted by molar-refractivity contribution is -0.123. The Morgan fingerprint density at radius 3 is 2.23 bits per heavy atom. The van der Waals surface area contributed by atoms with Crippen molar-refractivity contribution in [3.05, 3.63) is 65.7 Å². The molecule has 0 radical (unpaired) electrons. The fourth-order valence-corrected chi connectivity index (χ4v) is 3.06. The van der Waals surface area contributed by atoms with Gasteiger partial charge in [0.25, 0.3) is 0 Å². The summed E-state index contributed by atoms with van der Waals surface area (Å²) in [6, 6.07) is 15.6. The van der Waals surface area contributed by atoms with Crippen molar-refractivity contribution in [3.63, 3.8) is 0 Å². The van der Waals surface area contributed by atoms with Gasteiger partial charge in [0, 0.05) is 13.2 Å². The minimum Gasteiger partial charge on any atom is -0.354 e. The largest absolute Gasteiger partial charge is 0.354 e. The summed E-state index contributed by atoms with van der Waals surface area (Å²) in [5, 5.41) is 10.9. The van der Waals surface area contributed by atoms with Crippen LogP contribution in [0.3, 0.4) is 0 Å². The highest BCUT2D eigenvalue weighted by atomic mass is 32.2. The minimum atomic E-state index is -3.69. The first kappa shape index (κ1) is 20.1. The summed E-state index contributed by atoms with van der Waals surface area (Å²) >= 11 is 0. The van der Waals surface area contributed by atoms with Crippen LogP contribution in [0.1, 0.15) is 11.1 Å². The van der Waals surface area contributed by atoms with Crippen LogP contribution in [0.25, 0.3) is 0 Å². The highest BCUT2D eigenvalue weighted by Gasteiger charge is 2.17. The predicted octanol–water partition coefficient (Wildman–Crippen LogP) is 0.110. The lowest BCUT2D eigenvalue weighted by Gasteiger charge is -2.17. The molecule has 0 aliphatic carbocycles. The average molecular weight is 376 g/mol. The molecule has 7 nitrogen and oxygen atoms in total. The smallest absolute Gasteiger partial charge is 0.238 e. The number of carbonyl (C=O) groups is 1. The Morgan fingerprint density at radius 1 is 1.00 bits per heavy atom. The van der Waals surface area contributed by atoms with Crippen molar-refractivity contribution < 1.29 is 13.2 Å². The Kier molecular flexibility index (Phi) is 7.28. The molecule has 6 N–H and O–H groups in total. The molecule has 0 saturated carbocycles. The molecular weight excluding hydrogens is 352 g/mol. The summed E-state index contributed by atoms with van der Waals surface area (Å²) in [6.07, 6.45) is 1.13. The first-order valence-electron chi connectivity index (χ1n) is 8.27. The number of hydrogen-bond donors (Lipinski definition) is 4. The van der Waals surface area contributed by atoms with Crippen molar-refractivity contribution in [2.75, 3.05) is 13.2 Å². The average Bonchev–Trinajstić information content (AvgIpc) is 2.62. The van der Waals surface area contributed by atoms with E-state index < -0.39 is 16.1 Å². The quantitative estimate of drug-likeness (QED) is 0.462. The molecule has 1 atom stereocenters. The van der Waals surface area contributed by atoms with Crippen LogP contribution in [0.2, 0.25) is 0 Å². The molecule has 0 spiro atoms. The van der Waals surface area contributed by atoms with Crippen molar-refractivity contribution >= 4 is 15.9 Å². The molecule has 1 amide bonds. The van der Waals surface area contributed by atoms with Gasteiger partial charge in [-0.05, 0) is 36.1 Å². The van der Waals surface area contributed by atoms with Crippen LogP contribution in [-0.2, 0) is 27.7 Å². The molecule has 0 bridgehead atoms. The Hall–Kier alpha value is -2.26. The first-order valence-corrected chi connectivity index (χ1v) is 9.81. The molecule has 1 unspecified atom stereocenters. The molecule has 8 heteroatoms. The van der Waals surface area contributed by atoms with Crippen LogP contribution < -0.4 is 21.5 Å². The van der Waals surface area contributed by atoms with Crippen LogP contribution in [0.5, 0.6) is 0 Å². The Labute approximate surface area is 153 Å². The Morgan fingerprint density at radius 2 is 1.65 bits per heavy atom. The van der Waals surface area contributed by atoms with Crippen LogP contribution in [0.4, 0.5) is 0 Å². The number of benzene rings is 2. The summed E-state index contributed by atoms with van der Waals surface area (Å²) < 4.78 is 22.5. The van der Waals surface area contributed by atoms with Gasteiger partial charge in [-0.15, -0.1) is 0 Å². The zero-order valence-electron chi connectivity index (χ0n) is 14.4. The summed E-state index contributed by atoms with van der Waals surface area (Å²) in [5.74, 6) is -0.125. The zero-order valence-corrected chi connectivity index (χ0v) is 15.2. The van der Waals surface area contributed by atoms with E-state index in [1.54, 1.807) is 12.1 Å². The lowest BCUT2D eigenvalue weighted by atomic mass is 10.1. The molecule has 0 saturated heterocycles. The predicted molar refractivity (Wildman–Crippen MR) is 101 cm³/mol. The van der Waals surface area contributed by atoms with Crippen LogP contribution in [0.15, 0.2) is 59.5 Å². The van der Waals surface area contributed by atoms with E-state index in [2.05, 4.69) is 10.6 Å². The molecule has 0 aliphatic heterocycles. The molecule has 0 heterocycles. The molecule has 2 rings (SSSR count). The van der Waals surface area contributed by atoms with Gasteiger partial charge in [0.1, 0.15) is 0 Å². The van der Waals surface area contributed by atoms with Crippen molar-refractivity contribution in [1.29, 1.82) is 0 Å². The molecule has 0 aromatic heterocycles. The number of sulfonamides is 1.